The molecule has 0 bridgehead atoms. The second kappa shape index (κ2) is 3.57. The number of aliphatic hydroxyl groups is 1. The summed E-state index contributed by atoms with van der Waals surface area (Å²) >= 11 is 0. The lowest BCUT2D eigenvalue weighted by Crippen LogP contribution is -2.12. The summed E-state index contributed by atoms with van der Waals surface area (Å²) in [7, 11) is 0. The molecule has 2 fully saturated rings. The van der Waals surface area contributed by atoms with Crippen LogP contribution in [0.25, 0.3) is 11.2 Å². The van der Waals surface area contributed by atoms with Crippen LogP contribution in [0, 0.1) is 17.8 Å². The molecule has 2 saturated carbocycles. The number of hydrogen-bond donors (Lipinski definition) is 3. The van der Waals surface area contributed by atoms with Crippen molar-refractivity contribution in [3.63, 3.8) is 0 Å². The van der Waals surface area contributed by atoms with Crippen LogP contribution in [-0.4, -0.2) is 31.2 Å². The van der Waals surface area contributed by atoms with E-state index in [0.717, 1.165) is 6.42 Å². The van der Waals surface area contributed by atoms with Gasteiger partial charge in [0, 0.05) is 12.6 Å². The van der Waals surface area contributed by atoms with Gasteiger partial charge in [-0.15, -0.1) is 0 Å². The maximum absolute atomic E-state index is 9.39. The van der Waals surface area contributed by atoms with Crippen molar-refractivity contribution in [3.8, 4) is 0 Å². The van der Waals surface area contributed by atoms with Crippen LogP contribution < -0.4 is 11.5 Å². The average molecular weight is 260 g/mol. The molecule has 2 aromatic rings. The van der Waals surface area contributed by atoms with Gasteiger partial charge in [0.2, 0.25) is 5.95 Å². The third-order valence-electron chi connectivity index (χ3n) is 4.59. The molecule has 4 rings (SSSR count). The Morgan fingerprint density at radius 3 is 2.84 bits per heavy atom. The summed E-state index contributed by atoms with van der Waals surface area (Å²) < 4.78 is 2.06. The van der Waals surface area contributed by atoms with Gasteiger partial charge in [-0.25, -0.2) is 4.98 Å². The molecule has 2 aliphatic carbocycles. The summed E-state index contributed by atoms with van der Waals surface area (Å²) in [5, 5.41) is 9.39. The van der Waals surface area contributed by atoms with Gasteiger partial charge < -0.3 is 21.1 Å². The Labute approximate surface area is 109 Å². The molecule has 4 atom stereocenters. The van der Waals surface area contributed by atoms with E-state index in [1.54, 1.807) is 6.33 Å². The highest BCUT2D eigenvalue weighted by atomic mass is 16.3. The highest BCUT2D eigenvalue weighted by Gasteiger charge is 2.54. The molecule has 2 aliphatic rings. The molecule has 2 unspecified atom stereocenters. The molecule has 2 aromatic heterocycles. The Bertz CT molecular complexity index is 653. The molecule has 0 aromatic carbocycles. The van der Waals surface area contributed by atoms with Gasteiger partial charge in [-0.2, -0.15) is 9.97 Å². The molecule has 0 aliphatic heterocycles. The molecular formula is C12H16N6O. The Hall–Kier alpha value is -1.89. The van der Waals surface area contributed by atoms with Gasteiger partial charge >= 0.3 is 0 Å². The van der Waals surface area contributed by atoms with Crippen molar-refractivity contribution in [1.29, 1.82) is 0 Å². The second-order valence-corrected chi connectivity index (χ2v) is 5.60. The topological polar surface area (TPSA) is 116 Å². The Balaban J connectivity index is 1.80. The maximum Gasteiger partial charge on any atom is 0.224 e. The molecule has 0 amide bonds. The smallest absolute Gasteiger partial charge is 0.224 e. The van der Waals surface area contributed by atoms with E-state index in [1.807, 2.05) is 0 Å². The number of aromatic nitrogens is 4. The van der Waals surface area contributed by atoms with Crippen LogP contribution in [-0.2, 0) is 0 Å². The molecule has 0 radical (unpaired) electrons. The molecule has 100 valence electrons. The molecule has 19 heavy (non-hydrogen) atoms. The number of fused-ring (bicyclic) bond motifs is 2. The predicted octanol–water partition coefficient (Wildman–Crippen LogP) is 0.180. The average Bonchev–Trinajstić information content (AvgIpc) is 2.91. The number of nitrogens with two attached hydrogens (primary N) is 2. The lowest BCUT2D eigenvalue weighted by molar-refractivity contribution is 0.208. The van der Waals surface area contributed by atoms with E-state index in [9.17, 15) is 5.11 Å². The molecule has 5 N–H and O–H groups in total. The summed E-state index contributed by atoms with van der Waals surface area (Å²) in [6.07, 6.45) is 3.93. The molecule has 7 heteroatoms. The summed E-state index contributed by atoms with van der Waals surface area (Å²) in [5.74, 6) is 2.20. The predicted molar refractivity (Wildman–Crippen MR) is 70.0 cm³/mol. The summed E-state index contributed by atoms with van der Waals surface area (Å²) in [5.41, 5.74) is 12.8. The number of imidazole rings is 1. The first-order chi connectivity index (χ1) is 9.19. The van der Waals surface area contributed by atoms with Crippen LogP contribution in [0.15, 0.2) is 6.33 Å². The van der Waals surface area contributed by atoms with E-state index >= 15 is 0 Å². The van der Waals surface area contributed by atoms with Crippen LogP contribution in [0.2, 0.25) is 0 Å². The quantitative estimate of drug-likeness (QED) is 0.709. The number of nitrogens with zero attached hydrogens (tertiary/aromatic N) is 4. The first-order valence-corrected chi connectivity index (χ1v) is 6.55. The Morgan fingerprint density at radius 1 is 1.26 bits per heavy atom. The van der Waals surface area contributed by atoms with Crippen molar-refractivity contribution >= 4 is 22.9 Å². The number of hydrogen-bond acceptors (Lipinski definition) is 6. The van der Waals surface area contributed by atoms with Crippen LogP contribution in [0.1, 0.15) is 18.9 Å². The zero-order valence-electron chi connectivity index (χ0n) is 10.4. The first kappa shape index (κ1) is 11.0. The Morgan fingerprint density at radius 2 is 2.11 bits per heavy atom. The number of nitrogen functional groups attached to an aromatic ring is 2. The minimum atomic E-state index is 0.177. The fourth-order valence-electron chi connectivity index (χ4n) is 3.61. The highest BCUT2D eigenvalue weighted by Crippen LogP contribution is 2.60. The number of rotatable bonds is 2. The minimum absolute atomic E-state index is 0.177. The fraction of sp³-hybridized carbons (Fsp3) is 0.583. The SMILES string of the molecule is Nc1nc(N)c2ncn([C@@H]3C[C@H](CO)C4CC43)c2n1. The lowest BCUT2D eigenvalue weighted by atomic mass is 10.0. The van der Waals surface area contributed by atoms with Crippen LogP contribution >= 0.6 is 0 Å². The third kappa shape index (κ3) is 1.45. The van der Waals surface area contributed by atoms with Gasteiger partial charge in [0.25, 0.3) is 0 Å². The highest BCUT2D eigenvalue weighted by molar-refractivity contribution is 5.82. The largest absolute Gasteiger partial charge is 0.396 e. The summed E-state index contributed by atoms with van der Waals surface area (Å²) in [4.78, 5) is 12.5. The van der Waals surface area contributed by atoms with Crippen LogP contribution in [0.5, 0.6) is 0 Å². The minimum Gasteiger partial charge on any atom is -0.396 e. The van der Waals surface area contributed by atoms with E-state index < -0.39 is 0 Å². The standard InChI is InChI=1S/C12H16N6O/c13-10-9-11(17-12(14)16-10)18(4-15-9)8-1-5(3-19)6-2-7(6)8/h4-8,19H,1-3H2,(H4,13,14,16,17)/t5-,6?,7?,8-/m1/s1. The van der Waals surface area contributed by atoms with Crippen molar-refractivity contribution < 1.29 is 5.11 Å². The maximum atomic E-state index is 9.39. The summed E-state index contributed by atoms with van der Waals surface area (Å²) in [6, 6.07) is 0.348. The van der Waals surface area contributed by atoms with Crippen LogP contribution in [0.4, 0.5) is 11.8 Å². The van der Waals surface area contributed by atoms with Gasteiger partial charge in [-0.3, -0.25) is 0 Å². The van der Waals surface area contributed by atoms with Crippen molar-refractivity contribution in [1.82, 2.24) is 19.5 Å². The zero-order chi connectivity index (χ0) is 13.1. The molecule has 0 spiro atoms. The van der Waals surface area contributed by atoms with Gasteiger partial charge in [0.05, 0.1) is 6.33 Å². The third-order valence-corrected chi connectivity index (χ3v) is 4.59. The van der Waals surface area contributed by atoms with Crippen molar-refractivity contribution in [3.05, 3.63) is 6.33 Å². The summed E-state index contributed by atoms with van der Waals surface area (Å²) in [6.45, 7) is 0.267. The van der Waals surface area contributed by atoms with E-state index in [1.165, 1.54) is 6.42 Å². The Kier molecular flexibility index (Phi) is 2.06. The van der Waals surface area contributed by atoms with Crippen molar-refractivity contribution in [2.45, 2.75) is 18.9 Å². The van der Waals surface area contributed by atoms with Gasteiger partial charge in [0.1, 0.15) is 5.52 Å². The normalized spacial score (nSPS) is 32.7. The van der Waals surface area contributed by atoms with E-state index in [2.05, 4.69) is 19.5 Å². The first-order valence-electron chi connectivity index (χ1n) is 6.55. The second-order valence-electron chi connectivity index (χ2n) is 5.60. The van der Waals surface area contributed by atoms with Gasteiger partial charge in [-0.05, 0) is 30.6 Å². The number of aliphatic hydroxyl groups excluding tert-OH is 1. The molecule has 2 heterocycles. The fourth-order valence-corrected chi connectivity index (χ4v) is 3.61. The zero-order valence-corrected chi connectivity index (χ0v) is 10.4. The van der Waals surface area contributed by atoms with E-state index in [0.29, 0.717) is 40.8 Å². The monoisotopic (exact) mass is 260 g/mol. The van der Waals surface area contributed by atoms with Crippen molar-refractivity contribution in [2.24, 2.45) is 17.8 Å². The number of anilines is 2. The lowest BCUT2D eigenvalue weighted by Gasteiger charge is -2.16. The van der Waals surface area contributed by atoms with Gasteiger partial charge in [0.15, 0.2) is 11.5 Å². The van der Waals surface area contributed by atoms with E-state index in [4.69, 9.17) is 11.5 Å². The molecular weight excluding hydrogens is 244 g/mol. The van der Waals surface area contributed by atoms with Gasteiger partial charge in [-0.1, -0.05) is 0 Å². The van der Waals surface area contributed by atoms with Crippen LogP contribution in [0.3, 0.4) is 0 Å². The molecule has 7 nitrogen and oxygen atoms in total. The van der Waals surface area contributed by atoms with E-state index in [-0.39, 0.29) is 12.6 Å². The molecule has 0 saturated heterocycles. The van der Waals surface area contributed by atoms with Crippen molar-refractivity contribution in [2.75, 3.05) is 18.1 Å².